The molecule has 0 bridgehead atoms. The van der Waals surface area contributed by atoms with E-state index in [1.54, 1.807) is 19.2 Å². The molecule has 1 fully saturated rings. The van der Waals surface area contributed by atoms with Crippen molar-refractivity contribution >= 4 is 41.7 Å². The monoisotopic (exact) mass is 553 g/mol. The average molecular weight is 553 g/mol. The predicted octanol–water partition coefficient (Wildman–Crippen LogP) is 4.71. The predicted molar refractivity (Wildman–Crippen MR) is 139 cm³/mol. The minimum atomic E-state index is -0.264. The van der Waals surface area contributed by atoms with Crippen LogP contribution < -0.4 is 16.0 Å². The van der Waals surface area contributed by atoms with E-state index in [9.17, 15) is 9.18 Å². The Kier molecular flexibility index (Phi) is 9.74. The van der Waals surface area contributed by atoms with Crippen LogP contribution in [0.4, 0.5) is 14.9 Å². The number of hydrogen-bond donors (Lipinski definition) is 3. The molecule has 0 saturated carbocycles. The molecule has 2 amide bonds. The maximum absolute atomic E-state index is 13.6. The first-order valence-corrected chi connectivity index (χ1v) is 10.7. The Morgan fingerprint density at radius 1 is 1.09 bits per heavy atom. The topological polar surface area (TPSA) is 68.8 Å². The van der Waals surface area contributed by atoms with Crippen molar-refractivity contribution < 1.29 is 9.18 Å². The molecule has 3 rings (SSSR count). The molecule has 1 aliphatic heterocycles. The normalized spacial score (nSPS) is 14.0. The zero-order valence-electron chi connectivity index (χ0n) is 19.0. The Morgan fingerprint density at radius 2 is 1.81 bits per heavy atom. The van der Waals surface area contributed by atoms with Crippen molar-refractivity contribution in [2.45, 2.75) is 38.6 Å². The van der Waals surface area contributed by atoms with Crippen molar-refractivity contribution in [3.63, 3.8) is 0 Å². The number of carbonyl (C=O) groups is 1. The second kappa shape index (κ2) is 12.0. The number of hydrogen-bond acceptors (Lipinski definition) is 2. The number of benzene rings is 2. The maximum Gasteiger partial charge on any atom is 0.321 e. The van der Waals surface area contributed by atoms with E-state index in [0.717, 1.165) is 42.7 Å². The van der Waals surface area contributed by atoms with E-state index in [1.165, 1.54) is 6.07 Å². The molecule has 1 aliphatic rings. The highest BCUT2D eigenvalue weighted by Gasteiger charge is 2.21. The maximum atomic E-state index is 13.6. The largest absolute Gasteiger partial charge is 0.356 e. The van der Waals surface area contributed by atoms with Crippen molar-refractivity contribution in [1.82, 2.24) is 15.5 Å². The summed E-state index contributed by atoms with van der Waals surface area (Å²) in [6.45, 7) is 6.93. The van der Waals surface area contributed by atoms with Crippen LogP contribution in [0.5, 0.6) is 0 Å². The zero-order chi connectivity index (χ0) is 22.3. The highest BCUT2D eigenvalue weighted by Crippen LogP contribution is 2.22. The van der Waals surface area contributed by atoms with Gasteiger partial charge in [-0.3, -0.25) is 4.99 Å². The number of rotatable bonds is 6. The van der Waals surface area contributed by atoms with E-state index in [4.69, 9.17) is 0 Å². The molecular formula is C24H33FIN5O. The first-order chi connectivity index (χ1) is 14.9. The SMILES string of the molecule is CN=C(NCc1cccc(NC(=O)N2CCCC2)c1)NCC(C)(C)c1cccc(F)c1.I. The zero-order valence-corrected chi connectivity index (χ0v) is 21.3. The van der Waals surface area contributed by atoms with Gasteiger partial charge in [0.1, 0.15) is 5.82 Å². The fraction of sp³-hybridized carbons (Fsp3) is 0.417. The van der Waals surface area contributed by atoms with Gasteiger partial charge in [-0.1, -0.05) is 38.1 Å². The Balaban J connectivity index is 0.00000363. The first-order valence-electron chi connectivity index (χ1n) is 10.7. The lowest BCUT2D eigenvalue weighted by atomic mass is 9.84. The third-order valence-electron chi connectivity index (χ3n) is 5.56. The molecule has 0 unspecified atom stereocenters. The number of aliphatic imine (C=N–C) groups is 1. The first kappa shape index (κ1) is 25.9. The van der Waals surface area contributed by atoms with Crippen LogP contribution in [0.15, 0.2) is 53.5 Å². The van der Waals surface area contributed by atoms with Crippen LogP contribution in [0.2, 0.25) is 0 Å². The van der Waals surface area contributed by atoms with Crippen LogP contribution in [0.25, 0.3) is 0 Å². The molecule has 0 spiro atoms. The number of anilines is 1. The van der Waals surface area contributed by atoms with Crippen LogP contribution in [0.1, 0.15) is 37.8 Å². The quantitative estimate of drug-likeness (QED) is 0.276. The molecule has 0 atom stereocenters. The van der Waals surface area contributed by atoms with E-state index >= 15 is 0 Å². The molecule has 2 aromatic rings. The summed E-state index contributed by atoms with van der Waals surface area (Å²) in [4.78, 5) is 18.4. The van der Waals surface area contributed by atoms with Gasteiger partial charge in [0.05, 0.1) is 0 Å². The minimum Gasteiger partial charge on any atom is -0.356 e. The van der Waals surface area contributed by atoms with Crippen molar-refractivity contribution in [3.8, 4) is 0 Å². The second-order valence-corrected chi connectivity index (χ2v) is 8.50. The molecule has 8 heteroatoms. The highest BCUT2D eigenvalue weighted by atomic mass is 127. The van der Waals surface area contributed by atoms with Gasteiger partial charge in [-0.05, 0) is 48.2 Å². The number of nitrogens with zero attached hydrogens (tertiary/aromatic N) is 2. The van der Waals surface area contributed by atoms with E-state index in [-0.39, 0.29) is 41.2 Å². The number of amides is 2. The van der Waals surface area contributed by atoms with Crippen molar-refractivity contribution in [2.75, 3.05) is 32.0 Å². The van der Waals surface area contributed by atoms with Gasteiger partial charge in [0.2, 0.25) is 0 Å². The smallest absolute Gasteiger partial charge is 0.321 e. The lowest BCUT2D eigenvalue weighted by Gasteiger charge is -2.27. The number of likely N-dealkylation sites (tertiary alicyclic amines) is 1. The van der Waals surface area contributed by atoms with Crippen molar-refractivity contribution in [2.24, 2.45) is 4.99 Å². The molecule has 2 aromatic carbocycles. The molecule has 0 aliphatic carbocycles. The van der Waals surface area contributed by atoms with Gasteiger partial charge >= 0.3 is 6.03 Å². The fourth-order valence-corrected chi connectivity index (χ4v) is 3.60. The second-order valence-electron chi connectivity index (χ2n) is 8.50. The number of nitrogens with one attached hydrogen (secondary N) is 3. The van der Waals surface area contributed by atoms with Crippen molar-refractivity contribution in [3.05, 3.63) is 65.5 Å². The molecule has 32 heavy (non-hydrogen) atoms. The third kappa shape index (κ3) is 7.36. The average Bonchev–Trinajstić information content (AvgIpc) is 3.29. The summed E-state index contributed by atoms with van der Waals surface area (Å²) < 4.78 is 13.6. The fourth-order valence-electron chi connectivity index (χ4n) is 3.60. The van der Waals surface area contributed by atoms with Gasteiger partial charge in [0.15, 0.2) is 5.96 Å². The summed E-state index contributed by atoms with van der Waals surface area (Å²) in [6, 6.07) is 14.4. The van der Waals surface area contributed by atoms with Gasteiger partial charge < -0.3 is 20.9 Å². The van der Waals surface area contributed by atoms with E-state index < -0.39 is 0 Å². The van der Waals surface area contributed by atoms with E-state index in [0.29, 0.717) is 19.0 Å². The number of urea groups is 1. The summed E-state index contributed by atoms with van der Waals surface area (Å²) >= 11 is 0. The highest BCUT2D eigenvalue weighted by molar-refractivity contribution is 14.0. The number of guanidine groups is 1. The lowest BCUT2D eigenvalue weighted by Crippen LogP contribution is -2.43. The van der Waals surface area contributed by atoms with E-state index in [2.05, 4.69) is 34.8 Å². The summed E-state index contributed by atoms with van der Waals surface area (Å²) in [5.74, 6) is 0.431. The van der Waals surface area contributed by atoms with E-state index in [1.807, 2.05) is 35.2 Å². The minimum absolute atomic E-state index is 0. The molecule has 6 nitrogen and oxygen atoms in total. The molecule has 0 radical (unpaired) electrons. The summed E-state index contributed by atoms with van der Waals surface area (Å²) in [5.41, 5.74) is 2.48. The standard InChI is InChI=1S/C24H32FN5O.HI/c1-24(2,19-9-7-10-20(25)15-19)17-28-22(26-3)27-16-18-8-6-11-21(14-18)29-23(31)30-12-4-5-13-30;/h6-11,14-15H,4-5,12-13,16-17H2,1-3H3,(H,29,31)(H2,26,27,28);1H. The summed E-state index contributed by atoms with van der Waals surface area (Å²) in [6.07, 6.45) is 2.14. The summed E-state index contributed by atoms with van der Waals surface area (Å²) in [5, 5.41) is 9.60. The van der Waals surface area contributed by atoms with Crippen LogP contribution in [0, 0.1) is 5.82 Å². The van der Waals surface area contributed by atoms with Crippen LogP contribution in [-0.4, -0.2) is 43.6 Å². The van der Waals surface area contributed by atoms with Gasteiger partial charge in [-0.15, -0.1) is 24.0 Å². The summed E-state index contributed by atoms with van der Waals surface area (Å²) in [7, 11) is 1.72. The molecule has 174 valence electrons. The number of carbonyl (C=O) groups excluding carboxylic acids is 1. The van der Waals surface area contributed by atoms with Crippen LogP contribution >= 0.6 is 24.0 Å². The lowest BCUT2D eigenvalue weighted by molar-refractivity contribution is 0.222. The van der Waals surface area contributed by atoms with Gasteiger partial charge in [0.25, 0.3) is 0 Å². The molecule has 3 N–H and O–H groups in total. The molecule has 1 saturated heterocycles. The Bertz CT molecular complexity index is 928. The van der Waals surface area contributed by atoms with Crippen LogP contribution in [0.3, 0.4) is 0 Å². The van der Waals surface area contributed by atoms with Gasteiger partial charge in [-0.25, -0.2) is 9.18 Å². The van der Waals surface area contributed by atoms with Gasteiger partial charge in [0, 0.05) is 44.3 Å². The molecule has 1 heterocycles. The number of halogens is 2. The Labute approximate surface area is 207 Å². The Hall–Kier alpha value is -2.36. The molecular weight excluding hydrogens is 520 g/mol. The van der Waals surface area contributed by atoms with Crippen molar-refractivity contribution in [1.29, 1.82) is 0 Å². The Morgan fingerprint density at radius 3 is 2.50 bits per heavy atom. The third-order valence-corrected chi connectivity index (χ3v) is 5.56. The van der Waals surface area contributed by atoms with Gasteiger partial charge in [-0.2, -0.15) is 0 Å². The molecule has 0 aromatic heterocycles. The van der Waals surface area contributed by atoms with Crippen LogP contribution in [-0.2, 0) is 12.0 Å².